The fraction of sp³-hybridized carbons (Fsp3) is 0.815. The second-order valence-electron chi connectivity index (χ2n) is 11.6. The minimum absolute atomic E-state index is 0.505. The molecular formula is C27H37ClO16. The van der Waals surface area contributed by atoms with Crippen molar-refractivity contribution in [3.8, 4) is 0 Å². The van der Waals surface area contributed by atoms with Crippen LogP contribution in [0.1, 0.15) is 55.4 Å². The molecule has 4 aliphatic heterocycles. The van der Waals surface area contributed by atoms with Crippen LogP contribution < -0.4 is 0 Å². The van der Waals surface area contributed by atoms with Crippen LogP contribution in [-0.2, 0) is 76.1 Å². The second-order valence-corrected chi connectivity index (χ2v) is 11.9. The van der Waals surface area contributed by atoms with Gasteiger partial charge >= 0.3 is 23.9 Å². The zero-order chi connectivity index (χ0) is 32.8. The third kappa shape index (κ3) is 7.33. The molecule has 0 saturated carbocycles. The Balaban J connectivity index is 1.72. The van der Waals surface area contributed by atoms with Crippen molar-refractivity contribution >= 4 is 40.7 Å². The van der Waals surface area contributed by atoms with Crippen LogP contribution in [0.4, 0.5) is 0 Å². The van der Waals surface area contributed by atoms with Crippen LogP contribution in [0.15, 0.2) is 0 Å². The number of esters is 4. The molecule has 4 fully saturated rings. The molecule has 0 amide bonds. The molecule has 0 radical (unpaired) electrons. The van der Waals surface area contributed by atoms with Gasteiger partial charge in [-0.25, -0.2) is 0 Å². The van der Waals surface area contributed by atoms with Gasteiger partial charge in [0, 0.05) is 27.7 Å². The van der Waals surface area contributed by atoms with E-state index in [1.165, 1.54) is 0 Å². The van der Waals surface area contributed by atoms with Crippen LogP contribution in [0.2, 0.25) is 0 Å². The molecule has 0 aliphatic carbocycles. The van der Waals surface area contributed by atoms with Crippen molar-refractivity contribution in [2.45, 2.75) is 128 Å². The highest BCUT2D eigenvalue weighted by molar-refractivity contribution is 6.65. The number of ether oxygens (including phenoxy) is 11. The molecule has 44 heavy (non-hydrogen) atoms. The summed E-state index contributed by atoms with van der Waals surface area (Å²) in [5.41, 5.74) is 0. The molecule has 10 atom stereocenters. The lowest BCUT2D eigenvalue weighted by Gasteiger charge is -2.49. The highest BCUT2D eigenvalue weighted by atomic mass is 35.5. The molecule has 16 nitrogen and oxygen atoms in total. The van der Waals surface area contributed by atoms with Gasteiger partial charge in [0.2, 0.25) is 6.10 Å². The van der Waals surface area contributed by atoms with Crippen LogP contribution in [-0.4, -0.2) is 115 Å². The van der Waals surface area contributed by atoms with Crippen LogP contribution in [0.3, 0.4) is 0 Å². The molecule has 0 bridgehead atoms. The first-order valence-corrected chi connectivity index (χ1v) is 14.3. The van der Waals surface area contributed by atoms with Gasteiger partial charge in [-0.2, -0.15) is 0 Å². The summed E-state index contributed by atoms with van der Waals surface area (Å²) in [4.78, 5) is 61.5. The zero-order valence-corrected chi connectivity index (χ0v) is 26.3. The van der Waals surface area contributed by atoms with Gasteiger partial charge in [0.05, 0.1) is 6.61 Å². The van der Waals surface area contributed by atoms with Crippen molar-refractivity contribution in [2.24, 2.45) is 0 Å². The Morgan fingerprint density at radius 3 is 1.75 bits per heavy atom. The minimum atomic E-state index is -2.70. The van der Waals surface area contributed by atoms with E-state index in [0.717, 1.165) is 27.7 Å². The largest absolute Gasteiger partial charge is 0.463 e. The maximum Gasteiger partial charge on any atom is 0.303 e. The Kier molecular flexibility index (Phi) is 9.98. The third-order valence-electron chi connectivity index (χ3n) is 7.02. The lowest BCUT2D eigenvalue weighted by Crippen LogP contribution is -2.71. The Hall–Kier alpha value is -2.44. The van der Waals surface area contributed by atoms with Crippen LogP contribution >= 0.6 is 11.6 Å². The molecule has 0 aromatic heterocycles. The van der Waals surface area contributed by atoms with Gasteiger partial charge in [-0.05, 0) is 39.3 Å². The molecule has 4 heterocycles. The third-order valence-corrected chi connectivity index (χ3v) is 7.29. The highest BCUT2D eigenvalue weighted by Crippen LogP contribution is 2.45. The van der Waals surface area contributed by atoms with E-state index in [9.17, 15) is 24.0 Å². The average molecular weight is 653 g/mol. The van der Waals surface area contributed by atoms with Gasteiger partial charge in [0.1, 0.15) is 37.1 Å². The summed E-state index contributed by atoms with van der Waals surface area (Å²) in [5, 5.41) is -1.34. The van der Waals surface area contributed by atoms with E-state index in [1.54, 1.807) is 27.7 Å². The molecule has 17 heteroatoms. The fourth-order valence-electron chi connectivity index (χ4n) is 5.63. The van der Waals surface area contributed by atoms with Crippen LogP contribution in [0.25, 0.3) is 0 Å². The van der Waals surface area contributed by atoms with Crippen molar-refractivity contribution in [3.63, 3.8) is 0 Å². The van der Waals surface area contributed by atoms with E-state index in [0.29, 0.717) is 0 Å². The Labute approximate surface area is 258 Å². The van der Waals surface area contributed by atoms with E-state index >= 15 is 0 Å². The summed E-state index contributed by atoms with van der Waals surface area (Å²) in [7, 11) is 0. The molecule has 4 saturated heterocycles. The van der Waals surface area contributed by atoms with Gasteiger partial charge in [-0.3, -0.25) is 24.0 Å². The number of hydrogen-bond donors (Lipinski definition) is 0. The molecule has 0 unspecified atom stereocenters. The van der Waals surface area contributed by atoms with Crippen molar-refractivity contribution in [3.05, 3.63) is 0 Å². The quantitative estimate of drug-likeness (QED) is 0.191. The minimum Gasteiger partial charge on any atom is -0.463 e. The number of rotatable bonds is 9. The molecular weight excluding hydrogens is 616 g/mol. The van der Waals surface area contributed by atoms with Gasteiger partial charge < -0.3 is 52.1 Å². The molecule has 4 rings (SSSR count). The number of fused-ring (bicyclic) bond motifs is 3. The SMILES string of the molecule is CC(=O)OC[C@H]1O[C@@](OC[C@H]2O[C@@H]3OC(C)(C)O[C@@H]3[C@H]3OC(C)(C)O[C@H]32)(C(=O)Cl)[C@@H](OC(C)=O)[C@@H](OC(C)=O)[C@@H]1OC(C)=O. The second kappa shape index (κ2) is 12.7. The van der Waals surface area contributed by atoms with E-state index in [1.807, 2.05) is 0 Å². The smallest absolute Gasteiger partial charge is 0.303 e. The summed E-state index contributed by atoms with van der Waals surface area (Å²) in [5.74, 6) is -8.23. The van der Waals surface area contributed by atoms with Crippen molar-refractivity contribution in [1.82, 2.24) is 0 Å². The normalized spacial score (nSPS) is 38.5. The zero-order valence-electron chi connectivity index (χ0n) is 25.5. The standard InChI is InChI=1S/C27H37ClO16/c1-11(29)34-9-16-17(36-12(2)30)20(37-13(3)31)22(38-14(4)32)27(40-16,24(28)33)35-10-15-18-19(42-25(5,6)41-18)21-23(39-15)44-26(7,8)43-21/h15-23H,9-10H2,1-8H3/t15-,16-,17-,18+,19+,20+,21-,22+,23-,27-/m1/s1. The molecule has 0 N–H and O–H groups in total. The molecule has 248 valence electrons. The first-order chi connectivity index (χ1) is 20.3. The van der Waals surface area contributed by atoms with Crippen LogP contribution in [0, 0.1) is 0 Å². The average Bonchev–Trinajstić information content (AvgIpc) is 3.37. The fourth-order valence-corrected chi connectivity index (χ4v) is 5.84. The number of carbonyl (C=O) groups excluding carboxylic acids is 5. The van der Waals surface area contributed by atoms with Gasteiger partial charge in [-0.15, -0.1) is 0 Å². The number of carbonyl (C=O) groups is 5. The van der Waals surface area contributed by atoms with Gasteiger partial charge in [0.25, 0.3) is 11.0 Å². The summed E-state index contributed by atoms with van der Waals surface area (Å²) in [6, 6.07) is 0. The first-order valence-electron chi connectivity index (χ1n) is 13.9. The number of hydrogen-bond acceptors (Lipinski definition) is 16. The Morgan fingerprint density at radius 2 is 1.18 bits per heavy atom. The predicted molar refractivity (Wildman–Crippen MR) is 140 cm³/mol. The summed E-state index contributed by atoms with van der Waals surface area (Å²) in [6.45, 7) is 9.91. The summed E-state index contributed by atoms with van der Waals surface area (Å²) >= 11 is 6.10. The lowest BCUT2D eigenvalue weighted by atomic mass is 9.91. The van der Waals surface area contributed by atoms with Crippen molar-refractivity contribution < 1.29 is 76.1 Å². The van der Waals surface area contributed by atoms with Gasteiger partial charge in [-0.1, -0.05) is 0 Å². The lowest BCUT2D eigenvalue weighted by molar-refractivity contribution is -0.354. The Bertz CT molecular complexity index is 1160. The topological polar surface area (TPSA) is 187 Å². The van der Waals surface area contributed by atoms with E-state index < -0.39 is 115 Å². The molecule has 0 spiro atoms. The van der Waals surface area contributed by atoms with Crippen LogP contribution in [0.5, 0.6) is 0 Å². The number of halogens is 1. The first kappa shape index (κ1) is 34.4. The molecule has 4 aliphatic rings. The molecule has 0 aromatic carbocycles. The maximum atomic E-state index is 13.3. The predicted octanol–water partition coefficient (Wildman–Crippen LogP) is 0.618. The van der Waals surface area contributed by atoms with E-state index in [2.05, 4.69) is 0 Å². The summed E-state index contributed by atoms with van der Waals surface area (Å²) in [6.07, 6.45) is -10.7. The summed E-state index contributed by atoms with van der Waals surface area (Å²) < 4.78 is 63.5. The van der Waals surface area contributed by atoms with E-state index in [4.69, 9.17) is 63.7 Å². The monoisotopic (exact) mass is 652 g/mol. The highest BCUT2D eigenvalue weighted by Gasteiger charge is 2.66. The van der Waals surface area contributed by atoms with Crippen molar-refractivity contribution in [1.29, 1.82) is 0 Å². The maximum absolute atomic E-state index is 13.3. The van der Waals surface area contributed by atoms with Gasteiger partial charge in [0.15, 0.2) is 30.1 Å². The molecule has 0 aromatic rings. The van der Waals surface area contributed by atoms with Crippen molar-refractivity contribution in [2.75, 3.05) is 13.2 Å². The van der Waals surface area contributed by atoms with E-state index in [-0.39, 0.29) is 0 Å². The Morgan fingerprint density at radius 1 is 0.636 bits per heavy atom.